The Hall–Kier alpha value is -1.60. The molecule has 100 valence electrons. The number of hydrogen-bond donors (Lipinski definition) is 2. The number of primary sulfonamides is 1. The second-order valence-corrected chi connectivity index (χ2v) is 5.33. The zero-order chi connectivity index (χ0) is 13.8. The molecule has 0 heterocycles. The fourth-order valence-electron chi connectivity index (χ4n) is 1.34. The summed E-state index contributed by atoms with van der Waals surface area (Å²) >= 11 is 0. The molecule has 0 saturated heterocycles. The average molecular weight is 271 g/mol. The van der Waals surface area contributed by atoms with Crippen LogP contribution in [0.4, 0.5) is 5.69 Å². The van der Waals surface area contributed by atoms with Gasteiger partial charge in [0.1, 0.15) is 4.90 Å². The van der Waals surface area contributed by atoms with Crippen LogP contribution in [0.1, 0.15) is 6.92 Å². The van der Waals surface area contributed by atoms with Crippen LogP contribution >= 0.6 is 0 Å². The van der Waals surface area contributed by atoms with Crippen LogP contribution in [0.15, 0.2) is 29.2 Å². The summed E-state index contributed by atoms with van der Waals surface area (Å²) in [4.78, 5) is 13.1. The van der Waals surface area contributed by atoms with Gasteiger partial charge < -0.3 is 10.2 Å². The van der Waals surface area contributed by atoms with Crippen LogP contribution in [-0.2, 0) is 14.8 Å². The fraction of sp³-hybridized carbons (Fsp3) is 0.364. The molecule has 0 aromatic heterocycles. The van der Waals surface area contributed by atoms with E-state index in [1.54, 1.807) is 25.2 Å². The van der Waals surface area contributed by atoms with Crippen LogP contribution in [0.5, 0.6) is 0 Å². The number of anilines is 1. The van der Waals surface area contributed by atoms with Crippen LogP contribution in [-0.4, -0.2) is 39.4 Å². The van der Waals surface area contributed by atoms with E-state index in [0.717, 1.165) is 0 Å². The maximum atomic E-state index is 11.6. The highest BCUT2D eigenvalue weighted by atomic mass is 32.2. The van der Waals surface area contributed by atoms with Gasteiger partial charge in [0.05, 0.1) is 12.2 Å². The Balaban J connectivity index is 2.84. The molecule has 0 aliphatic carbocycles. The number of likely N-dealkylation sites (N-methyl/N-ethyl adjacent to an activating group) is 1. The number of nitrogens with two attached hydrogens (primary N) is 1. The number of amides is 1. The third-order valence-corrected chi connectivity index (χ3v) is 3.49. The predicted molar refractivity (Wildman–Crippen MR) is 69.6 cm³/mol. The smallest absolute Gasteiger partial charge is 0.241 e. The highest BCUT2D eigenvalue weighted by Crippen LogP contribution is 2.18. The number of hydrogen-bond acceptors (Lipinski definition) is 4. The number of carbonyl (C=O) groups excluding carboxylic acids is 1. The molecule has 1 aromatic carbocycles. The zero-order valence-electron chi connectivity index (χ0n) is 10.4. The first-order valence-electron chi connectivity index (χ1n) is 5.46. The number of benzene rings is 1. The monoisotopic (exact) mass is 271 g/mol. The maximum Gasteiger partial charge on any atom is 0.241 e. The van der Waals surface area contributed by atoms with E-state index >= 15 is 0 Å². The molecule has 3 N–H and O–H groups in total. The SMILES string of the molecule is CCN(C)C(=O)CNc1ccccc1S(N)(=O)=O. The van der Waals surface area contributed by atoms with Crippen LogP contribution in [0.25, 0.3) is 0 Å². The predicted octanol–water partition coefficient (Wildman–Crippen LogP) is 0.224. The van der Waals surface area contributed by atoms with Gasteiger partial charge in [-0.1, -0.05) is 12.1 Å². The third-order valence-electron chi connectivity index (χ3n) is 2.52. The summed E-state index contributed by atoms with van der Waals surface area (Å²) in [7, 11) is -2.12. The van der Waals surface area contributed by atoms with Crippen molar-refractivity contribution < 1.29 is 13.2 Å². The van der Waals surface area contributed by atoms with Crippen molar-refractivity contribution in [3.05, 3.63) is 24.3 Å². The van der Waals surface area contributed by atoms with Crippen molar-refractivity contribution in [2.75, 3.05) is 25.5 Å². The quantitative estimate of drug-likeness (QED) is 0.801. The molecule has 0 saturated carbocycles. The van der Waals surface area contributed by atoms with E-state index in [1.807, 2.05) is 6.92 Å². The largest absolute Gasteiger partial charge is 0.375 e. The molecule has 1 aromatic rings. The lowest BCUT2D eigenvalue weighted by atomic mass is 10.3. The van der Waals surface area contributed by atoms with Crippen LogP contribution < -0.4 is 10.5 Å². The van der Waals surface area contributed by atoms with Crippen molar-refractivity contribution in [1.29, 1.82) is 0 Å². The molecule has 0 bridgehead atoms. The number of sulfonamides is 1. The molecule has 0 radical (unpaired) electrons. The lowest BCUT2D eigenvalue weighted by molar-refractivity contribution is -0.127. The lowest BCUT2D eigenvalue weighted by Gasteiger charge is -2.16. The minimum Gasteiger partial charge on any atom is -0.375 e. The van der Waals surface area contributed by atoms with E-state index in [-0.39, 0.29) is 17.3 Å². The third kappa shape index (κ3) is 3.71. The molecule has 0 aliphatic rings. The topological polar surface area (TPSA) is 92.5 Å². The van der Waals surface area contributed by atoms with Crippen molar-refractivity contribution in [1.82, 2.24) is 4.90 Å². The van der Waals surface area contributed by atoms with Gasteiger partial charge >= 0.3 is 0 Å². The van der Waals surface area contributed by atoms with Crippen molar-refractivity contribution in [3.8, 4) is 0 Å². The summed E-state index contributed by atoms with van der Waals surface area (Å²) < 4.78 is 22.7. The molecular weight excluding hydrogens is 254 g/mol. The lowest BCUT2D eigenvalue weighted by Crippen LogP contribution is -2.32. The molecule has 18 heavy (non-hydrogen) atoms. The molecule has 1 amide bonds. The second kappa shape index (κ2) is 5.83. The summed E-state index contributed by atoms with van der Waals surface area (Å²) in [6.07, 6.45) is 0. The Kier molecular flexibility index (Phi) is 4.69. The van der Waals surface area contributed by atoms with E-state index in [4.69, 9.17) is 5.14 Å². The Morgan fingerprint density at radius 2 is 2.00 bits per heavy atom. The normalized spacial score (nSPS) is 11.1. The van der Waals surface area contributed by atoms with E-state index < -0.39 is 10.0 Å². The molecular formula is C11H17N3O3S. The van der Waals surface area contributed by atoms with Gasteiger partial charge in [-0.3, -0.25) is 4.79 Å². The molecule has 0 atom stereocenters. The molecule has 6 nitrogen and oxygen atoms in total. The summed E-state index contributed by atoms with van der Waals surface area (Å²) in [5.41, 5.74) is 0.331. The Morgan fingerprint density at radius 1 is 1.39 bits per heavy atom. The molecule has 7 heteroatoms. The van der Waals surface area contributed by atoms with Crippen molar-refractivity contribution in [3.63, 3.8) is 0 Å². The van der Waals surface area contributed by atoms with Gasteiger partial charge in [0.25, 0.3) is 0 Å². The molecule has 1 rings (SSSR count). The summed E-state index contributed by atoms with van der Waals surface area (Å²) in [5.74, 6) is -0.123. The molecule has 0 aliphatic heterocycles. The van der Waals surface area contributed by atoms with Gasteiger partial charge in [0, 0.05) is 13.6 Å². The molecule has 0 fully saturated rings. The fourth-order valence-corrected chi connectivity index (χ4v) is 2.06. The van der Waals surface area contributed by atoms with E-state index in [1.165, 1.54) is 11.0 Å². The van der Waals surface area contributed by atoms with Crippen molar-refractivity contribution in [2.24, 2.45) is 5.14 Å². The number of nitrogens with zero attached hydrogens (tertiary/aromatic N) is 1. The standard InChI is InChI=1S/C11H17N3O3S/c1-3-14(2)11(15)8-13-9-6-4-5-7-10(9)18(12,16)17/h4-7,13H,3,8H2,1-2H3,(H2,12,16,17). The highest BCUT2D eigenvalue weighted by Gasteiger charge is 2.14. The summed E-state index contributed by atoms with van der Waals surface area (Å²) in [6.45, 7) is 2.48. The van der Waals surface area contributed by atoms with Gasteiger partial charge in [-0.2, -0.15) is 0 Å². The van der Waals surface area contributed by atoms with Gasteiger partial charge in [-0.05, 0) is 19.1 Å². The van der Waals surface area contributed by atoms with Gasteiger partial charge in [0.2, 0.25) is 15.9 Å². The van der Waals surface area contributed by atoms with E-state index in [2.05, 4.69) is 5.32 Å². The summed E-state index contributed by atoms with van der Waals surface area (Å²) in [6, 6.07) is 6.21. The Labute approximate surface area is 107 Å². The first kappa shape index (κ1) is 14.5. The second-order valence-electron chi connectivity index (χ2n) is 3.80. The highest BCUT2D eigenvalue weighted by molar-refractivity contribution is 7.89. The van der Waals surface area contributed by atoms with Crippen LogP contribution in [0, 0.1) is 0 Å². The Morgan fingerprint density at radius 3 is 2.56 bits per heavy atom. The first-order chi connectivity index (χ1) is 8.36. The summed E-state index contributed by atoms with van der Waals surface area (Å²) in [5, 5.41) is 7.87. The number of para-hydroxylation sites is 1. The molecule has 0 spiro atoms. The Bertz CT molecular complexity index is 528. The first-order valence-corrected chi connectivity index (χ1v) is 7.00. The minimum atomic E-state index is -3.79. The molecule has 0 unspecified atom stereocenters. The van der Waals surface area contributed by atoms with Gasteiger partial charge in [0.15, 0.2) is 0 Å². The number of nitrogens with one attached hydrogen (secondary N) is 1. The maximum absolute atomic E-state index is 11.6. The number of rotatable bonds is 5. The van der Waals surface area contributed by atoms with Crippen molar-refractivity contribution >= 4 is 21.6 Å². The van der Waals surface area contributed by atoms with Crippen LogP contribution in [0.3, 0.4) is 0 Å². The van der Waals surface area contributed by atoms with E-state index in [0.29, 0.717) is 12.2 Å². The van der Waals surface area contributed by atoms with Crippen LogP contribution in [0.2, 0.25) is 0 Å². The van der Waals surface area contributed by atoms with Gasteiger partial charge in [-0.25, -0.2) is 13.6 Å². The number of carbonyl (C=O) groups is 1. The zero-order valence-corrected chi connectivity index (χ0v) is 11.2. The minimum absolute atomic E-state index is 0.0167. The van der Waals surface area contributed by atoms with Gasteiger partial charge in [-0.15, -0.1) is 0 Å². The van der Waals surface area contributed by atoms with Crippen molar-refractivity contribution in [2.45, 2.75) is 11.8 Å². The average Bonchev–Trinajstić information content (AvgIpc) is 2.34. The van der Waals surface area contributed by atoms with E-state index in [9.17, 15) is 13.2 Å².